The lowest BCUT2D eigenvalue weighted by Crippen LogP contribution is -2.14. The first-order chi connectivity index (χ1) is 12.5. The number of nitrogens with one attached hydrogen (secondary N) is 1. The minimum absolute atomic E-state index is 0.0763. The molecule has 0 saturated carbocycles. The largest absolute Gasteiger partial charge is 0.508 e. The van der Waals surface area contributed by atoms with E-state index in [1.807, 2.05) is 0 Å². The summed E-state index contributed by atoms with van der Waals surface area (Å²) in [5.74, 6) is 0.785. The first kappa shape index (κ1) is 18.1. The maximum atomic E-state index is 12.1. The molecule has 9 heteroatoms. The van der Waals surface area contributed by atoms with Crippen molar-refractivity contribution in [3.8, 4) is 23.0 Å². The zero-order valence-electron chi connectivity index (χ0n) is 13.6. The maximum absolute atomic E-state index is 12.1. The van der Waals surface area contributed by atoms with Crippen molar-refractivity contribution in [2.45, 2.75) is 5.22 Å². The second-order valence-electron chi connectivity index (χ2n) is 5.10. The highest BCUT2D eigenvalue weighted by Crippen LogP contribution is 2.28. The van der Waals surface area contributed by atoms with E-state index in [0.717, 1.165) is 11.8 Å². The van der Waals surface area contributed by atoms with Gasteiger partial charge in [-0.3, -0.25) is 4.79 Å². The fraction of sp³-hybridized carbons (Fsp3) is 0.118. The second-order valence-corrected chi connectivity index (χ2v) is 6.46. The van der Waals surface area contributed by atoms with Crippen molar-refractivity contribution in [1.29, 1.82) is 0 Å². The summed E-state index contributed by atoms with van der Waals surface area (Å²) in [5.41, 5.74) is 1.16. The smallest absolute Gasteiger partial charge is 0.277 e. The summed E-state index contributed by atoms with van der Waals surface area (Å²) in [4.78, 5) is 12.1. The molecule has 3 aromatic rings. The number of anilines is 1. The first-order valence-corrected chi connectivity index (χ1v) is 8.80. The number of nitrogens with zero attached hydrogens (tertiary/aromatic N) is 2. The summed E-state index contributed by atoms with van der Waals surface area (Å²) in [6, 6.07) is 11.3. The van der Waals surface area contributed by atoms with Crippen LogP contribution in [-0.2, 0) is 4.79 Å². The molecule has 0 aliphatic rings. The number of ether oxygens (including phenoxy) is 1. The third-order valence-electron chi connectivity index (χ3n) is 3.28. The molecule has 0 saturated heterocycles. The molecule has 1 aromatic heterocycles. The van der Waals surface area contributed by atoms with E-state index in [0.29, 0.717) is 27.9 Å². The number of rotatable bonds is 6. The SMILES string of the molecule is COc1ccc(Cl)cc1NC(=O)CSc1nnc(-c2ccc(O)cc2)o1. The van der Waals surface area contributed by atoms with E-state index in [2.05, 4.69) is 15.5 Å². The van der Waals surface area contributed by atoms with Gasteiger partial charge in [-0.1, -0.05) is 23.4 Å². The van der Waals surface area contributed by atoms with Crippen molar-refractivity contribution >= 4 is 35.0 Å². The molecule has 0 atom stereocenters. The molecule has 1 heterocycles. The van der Waals surface area contributed by atoms with Crippen LogP contribution in [0.3, 0.4) is 0 Å². The molecule has 0 spiro atoms. The molecular formula is C17H14ClN3O4S. The Morgan fingerprint density at radius 1 is 1.27 bits per heavy atom. The van der Waals surface area contributed by atoms with Crippen LogP contribution in [0.2, 0.25) is 5.02 Å². The van der Waals surface area contributed by atoms with Crippen LogP contribution in [-0.4, -0.2) is 34.1 Å². The Balaban J connectivity index is 1.60. The van der Waals surface area contributed by atoms with E-state index in [1.54, 1.807) is 30.3 Å². The molecule has 0 aliphatic carbocycles. The van der Waals surface area contributed by atoms with Crippen LogP contribution in [0, 0.1) is 0 Å². The van der Waals surface area contributed by atoms with Crippen LogP contribution >= 0.6 is 23.4 Å². The molecule has 26 heavy (non-hydrogen) atoms. The number of phenolic OH excluding ortho intramolecular Hbond substituents is 1. The molecule has 0 fully saturated rings. The normalized spacial score (nSPS) is 10.5. The highest BCUT2D eigenvalue weighted by Gasteiger charge is 2.13. The summed E-state index contributed by atoms with van der Waals surface area (Å²) in [7, 11) is 1.51. The molecule has 0 radical (unpaired) electrons. The standard InChI is InChI=1S/C17H14ClN3O4S/c1-24-14-7-4-11(18)8-13(14)19-15(23)9-26-17-21-20-16(25-17)10-2-5-12(22)6-3-10/h2-8,22H,9H2,1H3,(H,19,23). The van der Waals surface area contributed by atoms with Gasteiger partial charge in [0.1, 0.15) is 11.5 Å². The quantitative estimate of drug-likeness (QED) is 0.616. The monoisotopic (exact) mass is 391 g/mol. The number of carbonyl (C=O) groups is 1. The lowest BCUT2D eigenvalue weighted by atomic mass is 10.2. The van der Waals surface area contributed by atoms with E-state index in [1.165, 1.54) is 19.2 Å². The van der Waals surface area contributed by atoms with Crippen molar-refractivity contribution in [2.24, 2.45) is 0 Å². The maximum Gasteiger partial charge on any atom is 0.277 e. The highest BCUT2D eigenvalue weighted by molar-refractivity contribution is 7.99. The molecule has 1 amide bonds. The van der Waals surface area contributed by atoms with Gasteiger partial charge in [0.15, 0.2) is 0 Å². The van der Waals surface area contributed by atoms with Crippen LogP contribution in [0.25, 0.3) is 11.5 Å². The minimum Gasteiger partial charge on any atom is -0.508 e. The Morgan fingerprint density at radius 3 is 2.77 bits per heavy atom. The highest BCUT2D eigenvalue weighted by atomic mass is 35.5. The number of hydrogen-bond donors (Lipinski definition) is 2. The van der Waals surface area contributed by atoms with E-state index >= 15 is 0 Å². The molecule has 2 aromatic carbocycles. The second kappa shape index (κ2) is 8.11. The topological polar surface area (TPSA) is 97.5 Å². The zero-order valence-corrected chi connectivity index (χ0v) is 15.2. The molecule has 0 aliphatic heterocycles. The molecule has 7 nitrogen and oxygen atoms in total. The van der Waals surface area contributed by atoms with Crippen molar-refractivity contribution in [2.75, 3.05) is 18.2 Å². The predicted octanol–water partition coefficient (Wildman–Crippen LogP) is 3.84. The van der Waals surface area contributed by atoms with Gasteiger partial charge in [0.05, 0.1) is 18.6 Å². The number of aromatic nitrogens is 2. The number of phenols is 1. The van der Waals surface area contributed by atoms with Gasteiger partial charge in [0, 0.05) is 10.6 Å². The Hall–Kier alpha value is -2.71. The average Bonchev–Trinajstić information content (AvgIpc) is 3.10. The zero-order chi connectivity index (χ0) is 18.5. The fourth-order valence-electron chi connectivity index (χ4n) is 2.08. The van der Waals surface area contributed by atoms with E-state index in [4.69, 9.17) is 20.8 Å². The Kier molecular flexibility index (Phi) is 5.65. The van der Waals surface area contributed by atoms with Crippen LogP contribution in [0.4, 0.5) is 5.69 Å². The third kappa shape index (κ3) is 4.47. The molecule has 134 valence electrons. The molecule has 3 rings (SSSR count). The number of aromatic hydroxyl groups is 1. The van der Waals surface area contributed by atoms with Gasteiger partial charge in [0.2, 0.25) is 11.8 Å². The summed E-state index contributed by atoms with van der Waals surface area (Å²) < 4.78 is 10.7. The van der Waals surface area contributed by atoms with Gasteiger partial charge in [-0.25, -0.2) is 0 Å². The van der Waals surface area contributed by atoms with Crippen LogP contribution in [0.5, 0.6) is 11.5 Å². The van der Waals surface area contributed by atoms with Crippen molar-refractivity contribution in [3.63, 3.8) is 0 Å². The van der Waals surface area contributed by atoms with E-state index in [9.17, 15) is 9.90 Å². The predicted molar refractivity (Wildman–Crippen MR) is 98.8 cm³/mol. The van der Waals surface area contributed by atoms with Gasteiger partial charge in [-0.15, -0.1) is 10.2 Å². The number of thioether (sulfide) groups is 1. The Morgan fingerprint density at radius 2 is 2.04 bits per heavy atom. The summed E-state index contributed by atoms with van der Waals surface area (Å²) >= 11 is 7.05. The number of halogens is 1. The Labute approximate surface area is 158 Å². The number of hydrogen-bond acceptors (Lipinski definition) is 7. The molecule has 2 N–H and O–H groups in total. The lowest BCUT2D eigenvalue weighted by Gasteiger charge is -2.09. The van der Waals surface area contributed by atoms with Gasteiger partial charge >= 0.3 is 0 Å². The van der Waals surface area contributed by atoms with Crippen molar-refractivity contribution in [3.05, 3.63) is 47.5 Å². The fourth-order valence-corrected chi connectivity index (χ4v) is 2.82. The molecule has 0 bridgehead atoms. The number of carbonyl (C=O) groups excluding carboxylic acids is 1. The van der Waals surface area contributed by atoms with E-state index in [-0.39, 0.29) is 22.6 Å². The summed E-state index contributed by atoms with van der Waals surface area (Å²) in [6.45, 7) is 0. The van der Waals surface area contributed by atoms with Crippen LogP contribution in [0.15, 0.2) is 52.1 Å². The Bertz CT molecular complexity index is 915. The lowest BCUT2D eigenvalue weighted by molar-refractivity contribution is -0.113. The van der Waals surface area contributed by atoms with E-state index < -0.39 is 0 Å². The van der Waals surface area contributed by atoms with Gasteiger partial charge in [-0.2, -0.15) is 0 Å². The molecule has 0 unspecified atom stereocenters. The van der Waals surface area contributed by atoms with Gasteiger partial charge in [-0.05, 0) is 42.5 Å². The van der Waals surface area contributed by atoms with Crippen LogP contribution < -0.4 is 10.1 Å². The number of amides is 1. The average molecular weight is 392 g/mol. The third-order valence-corrected chi connectivity index (χ3v) is 4.34. The number of benzene rings is 2. The summed E-state index contributed by atoms with van der Waals surface area (Å²) in [5, 5.41) is 20.6. The summed E-state index contributed by atoms with van der Waals surface area (Å²) in [6.07, 6.45) is 0. The number of methoxy groups -OCH3 is 1. The first-order valence-electron chi connectivity index (χ1n) is 7.44. The van der Waals surface area contributed by atoms with Crippen molar-refractivity contribution < 1.29 is 19.1 Å². The van der Waals surface area contributed by atoms with Crippen molar-refractivity contribution in [1.82, 2.24) is 10.2 Å². The van der Waals surface area contributed by atoms with Gasteiger partial charge in [0.25, 0.3) is 5.22 Å². The van der Waals surface area contributed by atoms with Gasteiger partial charge < -0.3 is 19.6 Å². The molecular weight excluding hydrogens is 378 g/mol. The minimum atomic E-state index is -0.264. The van der Waals surface area contributed by atoms with Crippen LogP contribution in [0.1, 0.15) is 0 Å².